The molecular formula is C14H10N2O2. The fraction of sp³-hybridized carbons (Fsp3) is 0.143. The summed E-state index contributed by atoms with van der Waals surface area (Å²) in [5.41, 5.74) is 3.30. The molecule has 0 atom stereocenters. The standard InChI is InChI=1S/C14H10N2O2/c1-7-3-5-15-11-9(7)13(17)14(18)10-8(2)4-6-16-12(10)11/h3-6H,1-2H3. The summed E-state index contributed by atoms with van der Waals surface area (Å²) in [4.78, 5) is 32.7. The molecule has 0 spiro atoms. The molecular weight excluding hydrogens is 228 g/mol. The number of aromatic nitrogens is 2. The van der Waals surface area contributed by atoms with E-state index in [1.807, 2.05) is 0 Å². The minimum atomic E-state index is -0.487. The Morgan fingerprint density at radius 3 is 1.56 bits per heavy atom. The highest BCUT2D eigenvalue weighted by Crippen LogP contribution is 2.32. The largest absolute Gasteiger partial charge is 0.285 e. The zero-order valence-corrected chi connectivity index (χ0v) is 10.0. The summed E-state index contributed by atoms with van der Waals surface area (Å²) in [5, 5.41) is 0. The van der Waals surface area contributed by atoms with Gasteiger partial charge in [-0.15, -0.1) is 0 Å². The van der Waals surface area contributed by atoms with Crippen LogP contribution in [0, 0.1) is 13.8 Å². The number of pyridine rings is 2. The van der Waals surface area contributed by atoms with Crippen molar-refractivity contribution in [2.45, 2.75) is 13.8 Å². The molecule has 4 heteroatoms. The molecule has 0 fully saturated rings. The predicted octanol–water partition coefficient (Wildman–Crippen LogP) is 2.14. The Bertz CT molecular complexity index is 643. The van der Waals surface area contributed by atoms with Crippen LogP contribution < -0.4 is 0 Å². The summed E-state index contributed by atoms with van der Waals surface area (Å²) < 4.78 is 0. The van der Waals surface area contributed by atoms with E-state index in [0.29, 0.717) is 22.5 Å². The monoisotopic (exact) mass is 238 g/mol. The maximum absolute atomic E-state index is 12.1. The molecule has 4 nitrogen and oxygen atoms in total. The van der Waals surface area contributed by atoms with Gasteiger partial charge >= 0.3 is 0 Å². The summed E-state index contributed by atoms with van der Waals surface area (Å²) >= 11 is 0. The van der Waals surface area contributed by atoms with Gasteiger partial charge in [0, 0.05) is 12.4 Å². The smallest absolute Gasteiger partial charge is 0.236 e. The Labute approximate surface area is 104 Å². The molecule has 0 saturated heterocycles. The van der Waals surface area contributed by atoms with Crippen molar-refractivity contribution in [3.63, 3.8) is 0 Å². The Balaban J connectivity index is 2.46. The van der Waals surface area contributed by atoms with E-state index in [1.54, 1.807) is 38.4 Å². The van der Waals surface area contributed by atoms with E-state index in [1.165, 1.54) is 0 Å². The molecule has 2 heterocycles. The van der Waals surface area contributed by atoms with Crippen LogP contribution in [0.4, 0.5) is 0 Å². The Morgan fingerprint density at radius 2 is 1.17 bits per heavy atom. The van der Waals surface area contributed by atoms with Crippen LogP contribution >= 0.6 is 0 Å². The molecule has 0 saturated carbocycles. The number of carbonyl (C=O) groups is 2. The Hall–Kier alpha value is -2.36. The zero-order valence-electron chi connectivity index (χ0n) is 10.0. The number of hydrogen-bond acceptors (Lipinski definition) is 4. The van der Waals surface area contributed by atoms with Gasteiger partial charge in [0.1, 0.15) is 11.4 Å². The third kappa shape index (κ3) is 1.26. The van der Waals surface area contributed by atoms with Gasteiger partial charge in [-0.2, -0.15) is 0 Å². The maximum atomic E-state index is 12.1. The molecule has 0 amide bonds. The van der Waals surface area contributed by atoms with E-state index in [0.717, 1.165) is 11.1 Å². The van der Waals surface area contributed by atoms with Gasteiger partial charge in [0.15, 0.2) is 0 Å². The maximum Gasteiger partial charge on any atom is 0.236 e. The highest BCUT2D eigenvalue weighted by molar-refractivity contribution is 6.53. The van der Waals surface area contributed by atoms with E-state index >= 15 is 0 Å². The lowest BCUT2D eigenvalue weighted by atomic mass is 9.86. The van der Waals surface area contributed by atoms with E-state index in [-0.39, 0.29) is 0 Å². The number of ketones is 2. The average molecular weight is 238 g/mol. The average Bonchev–Trinajstić information content (AvgIpc) is 2.35. The van der Waals surface area contributed by atoms with Gasteiger partial charge in [-0.1, -0.05) is 0 Å². The predicted molar refractivity (Wildman–Crippen MR) is 65.6 cm³/mol. The van der Waals surface area contributed by atoms with Crippen molar-refractivity contribution in [1.29, 1.82) is 0 Å². The number of Topliss-reactive ketones (excluding diaryl/α,β-unsaturated/α-hetero) is 2. The summed E-state index contributed by atoms with van der Waals surface area (Å²) in [6.45, 7) is 3.60. The molecule has 2 aromatic heterocycles. The number of rotatable bonds is 0. The molecule has 88 valence electrons. The number of fused-ring (bicyclic) bond motifs is 3. The molecule has 0 aromatic carbocycles. The second-order valence-corrected chi connectivity index (χ2v) is 4.36. The number of nitrogens with zero attached hydrogens (tertiary/aromatic N) is 2. The van der Waals surface area contributed by atoms with Crippen LogP contribution in [0.1, 0.15) is 31.8 Å². The lowest BCUT2D eigenvalue weighted by Gasteiger charge is -2.18. The first-order valence-electron chi connectivity index (χ1n) is 5.62. The van der Waals surface area contributed by atoms with E-state index in [4.69, 9.17) is 0 Å². The molecule has 0 radical (unpaired) electrons. The molecule has 18 heavy (non-hydrogen) atoms. The van der Waals surface area contributed by atoms with E-state index in [9.17, 15) is 9.59 Å². The van der Waals surface area contributed by atoms with Crippen molar-refractivity contribution in [2.24, 2.45) is 0 Å². The van der Waals surface area contributed by atoms with Gasteiger partial charge in [-0.25, -0.2) is 0 Å². The van der Waals surface area contributed by atoms with Gasteiger partial charge < -0.3 is 0 Å². The van der Waals surface area contributed by atoms with Crippen LogP contribution in [0.5, 0.6) is 0 Å². The molecule has 0 bridgehead atoms. The Kier molecular flexibility index (Phi) is 2.13. The summed E-state index contributed by atoms with van der Waals surface area (Å²) in [5.74, 6) is -0.974. The van der Waals surface area contributed by atoms with E-state index in [2.05, 4.69) is 9.97 Å². The van der Waals surface area contributed by atoms with Crippen molar-refractivity contribution < 1.29 is 9.59 Å². The second-order valence-electron chi connectivity index (χ2n) is 4.36. The first kappa shape index (κ1) is 10.8. The highest BCUT2D eigenvalue weighted by atomic mass is 16.2. The van der Waals surface area contributed by atoms with Crippen LogP contribution in [0.25, 0.3) is 11.4 Å². The van der Waals surface area contributed by atoms with Crippen LogP contribution in [-0.2, 0) is 0 Å². The van der Waals surface area contributed by atoms with Gasteiger partial charge in [0.2, 0.25) is 11.6 Å². The highest BCUT2D eigenvalue weighted by Gasteiger charge is 2.34. The third-order valence-corrected chi connectivity index (χ3v) is 3.20. The summed E-state index contributed by atoms with van der Waals surface area (Å²) in [6, 6.07) is 3.45. The summed E-state index contributed by atoms with van der Waals surface area (Å²) in [7, 11) is 0. The van der Waals surface area contributed by atoms with Crippen molar-refractivity contribution in [3.05, 3.63) is 46.8 Å². The lowest BCUT2D eigenvalue weighted by Crippen LogP contribution is -2.24. The van der Waals surface area contributed by atoms with Gasteiger partial charge in [-0.05, 0) is 37.1 Å². The van der Waals surface area contributed by atoms with Gasteiger partial charge in [-0.3, -0.25) is 19.6 Å². The zero-order chi connectivity index (χ0) is 12.9. The fourth-order valence-corrected chi connectivity index (χ4v) is 2.28. The number of hydrogen-bond donors (Lipinski definition) is 0. The quantitative estimate of drug-likeness (QED) is 0.660. The summed E-state index contributed by atoms with van der Waals surface area (Å²) in [6.07, 6.45) is 3.26. The van der Waals surface area contributed by atoms with Crippen molar-refractivity contribution >= 4 is 11.6 Å². The van der Waals surface area contributed by atoms with Crippen LogP contribution in [-0.4, -0.2) is 21.5 Å². The minimum absolute atomic E-state index is 0.383. The van der Waals surface area contributed by atoms with E-state index < -0.39 is 11.6 Å². The minimum Gasteiger partial charge on any atom is -0.285 e. The molecule has 3 rings (SSSR count). The van der Waals surface area contributed by atoms with Crippen LogP contribution in [0.3, 0.4) is 0 Å². The molecule has 0 N–H and O–H groups in total. The fourth-order valence-electron chi connectivity index (χ4n) is 2.28. The number of aryl methyl sites for hydroxylation is 2. The third-order valence-electron chi connectivity index (χ3n) is 3.20. The topological polar surface area (TPSA) is 59.9 Å². The van der Waals surface area contributed by atoms with Crippen molar-refractivity contribution in [3.8, 4) is 11.4 Å². The van der Waals surface area contributed by atoms with Crippen molar-refractivity contribution in [2.75, 3.05) is 0 Å². The lowest BCUT2D eigenvalue weighted by molar-refractivity contribution is 0.0814. The van der Waals surface area contributed by atoms with Crippen LogP contribution in [0.15, 0.2) is 24.5 Å². The second kappa shape index (κ2) is 3.57. The SMILES string of the molecule is Cc1ccnc2c1C(=O)C(=O)c1c(C)ccnc1-2. The molecule has 0 aliphatic heterocycles. The molecule has 1 aliphatic rings. The molecule has 1 aliphatic carbocycles. The van der Waals surface area contributed by atoms with Crippen LogP contribution in [0.2, 0.25) is 0 Å². The molecule has 2 aromatic rings. The van der Waals surface area contributed by atoms with Crippen molar-refractivity contribution in [1.82, 2.24) is 9.97 Å². The number of carbonyl (C=O) groups excluding carboxylic acids is 2. The van der Waals surface area contributed by atoms with Gasteiger partial charge in [0.25, 0.3) is 0 Å². The first-order chi connectivity index (χ1) is 8.61. The first-order valence-corrected chi connectivity index (χ1v) is 5.62. The normalized spacial score (nSPS) is 13.2. The van der Waals surface area contributed by atoms with Gasteiger partial charge in [0.05, 0.1) is 11.1 Å². The molecule has 0 unspecified atom stereocenters. The Morgan fingerprint density at radius 1 is 0.778 bits per heavy atom.